The average Bonchev–Trinajstić information content (AvgIpc) is 3.28. The van der Waals surface area contributed by atoms with Gasteiger partial charge < -0.3 is 19.8 Å². The van der Waals surface area contributed by atoms with Gasteiger partial charge in [0.25, 0.3) is 5.91 Å². The van der Waals surface area contributed by atoms with Crippen molar-refractivity contribution in [3.63, 3.8) is 0 Å². The number of para-hydroxylation sites is 1. The van der Waals surface area contributed by atoms with Gasteiger partial charge in [-0.2, -0.15) is 0 Å². The summed E-state index contributed by atoms with van der Waals surface area (Å²) < 4.78 is 16.8. The number of hydrogen-bond donors (Lipinski definition) is 3. The number of anilines is 1. The molecule has 0 saturated carbocycles. The molecule has 1 amide bonds. The number of aliphatic hydroxyl groups is 2. The summed E-state index contributed by atoms with van der Waals surface area (Å²) in [7, 11) is -1.47. The number of likely N-dealkylation sites (tertiary alicyclic amines) is 1. The van der Waals surface area contributed by atoms with Gasteiger partial charge in [-0.25, -0.2) is 9.19 Å². The smallest absolute Gasteiger partial charge is 0.253 e. The van der Waals surface area contributed by atoms with Gasteiger partial charge in [0.1, 0.15) is 0 Å². The molecule has 3 N–H and O–H groups in total. The third-order valence-electron chi connectivity index (χ3n) is 6.28. The normalized spacial score (nSPS) is 17.0. The number of amides is 1. The SMILES string of the molecule is CC(C)(O)CCCC1(O)CCN(C(=O)c2ccc(NS(=O)c3cccc4scnc34)cc2)CC1. The number of nitrogens with one attached hydrogen (secondary N) is 1. The van der Waals surface area contributed by atoms with E-state index in [1.165, 1.54) is 11.3 Å². The summed E-state index contributed by atoms with van der Waals surface area (Å²) in [5, 5.41) is 20.7. The van der Waals surface area contributed by atoms with Crippen molar-refractivity contribution in [1.82, 2.24) is 9.88 Å². The topological polar surface area (TPSA) is 103 Å². The van der Waals surface area contributed by atoms with E-state index in [9.17, 15) is 19.2 Å². The van der Waals surface area contributed by atoms with Crippen LogP contribution in [0.15, 0.2) is 52.9 Å². The molecule has 9 heteroatoms. The molecule has 34 heavy (non-hydrogen) atoms. The Balaban J connectivity index is 1.32. The zero-order chi connectivity index (χ0) is 24.3. The quantitative estimate of drug-likeness (QED) is 0.426. The van der Waals surface area contributed by atoms with Crippen LogP contribution >= 0.6 is 11.3 Å². The van der Waals surface area contributed by atoms with Gasteiger partial charge >= 0.3 is 0 Å². The van der Waals surface area contributed by atoms with Gasteiger partial charge in [-0.15, -0.1) is 11.3 Å². The van der Waals surface area contributed by atoms with Crippen molar-refractivity contribution in [3.8, 4) is 0 Å². The Labute approximate surface area is 206 Å². The highest BCUT2D eigenvalue weighted by molar-refractivity contribution is 7.86. The standard InChI is InChI=1S/C25H31N3O4S2/c1-24(2,30)11-4-12-25(31)13-15-28(16-14-25)23(29)18-7-9-19(10-8-18)27-34(32)21-6-3-5-20-22(21)26-17-33-20/h3,5-10,17,27,30-31H,4,11-16H2,1-2H3. The molecule has 2 heterocycles. The molecule has 7 nitrogen and oxygen atoms in total. The lowest BCUT2D eigenvalue weighted by Crippen LogP contribution is -2.46. The van der Waals surface area contributed by atoms with Crippen molar-refractivity contribution < 1.29 is 19.2 Å². The van der Waals surface area contributed by atoms with Crippen LogP contribution in [0.5, 0.6) is 0 Å². The number of benzene rings is 2. The fraction of sp³-hybridized carbons (Fsp3) is 0.440. The van der Waals surface area contributed by atoms with Gasteiger partial charge in [0.05, 0.1) is 31.8 Å². The van der Waals surface area contributed by atoms with Crippen LogP contribution in [-0.2, 0) is 11.0 Å². The summed E-state index contributed by atoms with van der Waals surface area (Å²) in [5.41, 5.74) is 2.18. The van der Waals surface area contributed by atoms with E-state index in [0.717, 1.165) is 16.6 Å². The second kappa shape index (κ2) is 10.1. The Kier molecular flexibility index (Phi) is 7.37. The maximum atomic E-state index is 13.0. The minimum absolute atomic E-state index is 0.0709. The fourth-order valence-corrected chi connectivity index (χ4v) is 6.03. The molecular formula is C25H31N3O4S2. The third kappa shape index (κ3) is 6.02. The van der Waals surface area contributed by atoms with Crippen LogP contribution in [0.1, 0.15) is 56.3 Å². The molecule has 1 fully saturated rings. The molecule has 1 unspecified atom stereocenters. The second-order valence-electron chi connectivity index (χ2n) is 9.59. The molecule has 4 rings (SSSR count). The summed E-state index contributed by atoms with van der Waals surface area (Å²) in [6.07, 6.45) is 3.09. The van der Waals surface area contributed by atoms with Crippen molar-refractivity contribution in [3.05, 3.63) is 53.5 Å². The number of carbonyl (C=O) groups is 1. The highest BCUT2D eigenvalue weighted by Crippen LogP contribution is 2.30. The number of nitrogens with zero attached hydrogens (tertiary/aromatic N) is 2. The zero-order valence-electron chi connectivity index (χ0n) is 19.5. The molecule has 0 bridgehead atoms. The maximum absolute atomic E-state index is 13.0. The van der Waals surface area contributed by atoms with Gasteiger partial charge in [0.2, 0.25) is 0 Å². The molecule has 2 aromatic carbocycles. The molecule has 1 aliphatic heterocycles. The van der Waals surface area contributed by atoms with Gasteiger partial charge in [-0.3, -0.25) is 4.79 Å². The number of carbonyl (C=O) groups excluding carboxylic acids is 1. The lowest BCUT2D eigenvalue weighted by molar-refractivity contribution is -0.0291. The number of fused-ring (bicyclic) bond motifs is 1. The van der Waals surface area contributed by atoms with Crippen LogP contribution in [0.3, 0.4) is 0 Å². The summed E-state index contributed by atoms with van der Waals surface area (Å²) >= 11 is 1.51. The first-order chi connectivity index (χ1) is 16.1. The lowest BCUT2D eigenvalue weighted by Gasteiger charge is -2.38. The van der Waals surface area contributed by atoms with E-state index >= 15 is 0 Å². The molecule has 3 aromatic rings. The van der Waals surface area contributed by atoms with Crippen LogP contribution in [0.4, 0.5) is 5.69 Å². The second-order valence-corrected chi connectivity index (χ2v) is 11.7. The van der Waals surface area contributed by atoms with Crippen LogP contribution in [0, 0.1) is 0 Å². The Bertz CT molecular complexity index is 1160. The molecule has 0 spiro atoms. The van der Waals surface area contributed by atoms with Gasteiger partial charge in [0, 0.05) is 24.3 Å². The lowest BCUT2D eigenvalue weighted by atomic mass is 9.85. The van der Waals surface area contributed by atoms with E-state index in [1.807, 2.05) is 12.1 Å². The van der Waals surface area contributed by atoms with E-state index in [4.69, 9.17) is 0 Å². The van der Waals surface area contributed by atoms with E-state index in [2.05, 4.69) is 9.71 Å². The van der Waals surface area contributed by atoms with Gasteiger partial charge in [-0.1, -0.05) is 6.07 Å². The van der Waals surface area contributed by atoms with E-state index in [-0.39, 0.29) is 5.91 Å². The largest absolute Gasteiger partial charge is 0.390 e. The fourth-order valence-electron chi connectivity index (χ4n) is 4.26. The van der Waals surface area contributed by atoms with Gasteiger partial charge in [-0.05, 0) is 82.3 Å². The summed E-state index contributed by atoms with van der Waals surface area (Å²) in [6.45, 7) is 4.55. The number of rotatable bonds is 8. The number of piperidine rings is 1. The molecule has 1 saturated heterocycles. The molecule has 0 aliphatic carbocycles. The zero-order valence-corrected chi connectivity index (χ0v) is 21.1. The van der Waals surface area contributed by atoms with Crippen LogP contribution in [0.25, 0.3) is 10.2 Å². The Hall–Kier alpha value is -2.33. The predicted octanol–water partition coefficient (Wildman–Crippen LogP) is 4.34. The van der Waals surface area contributed by atoms with Crippen molar-refractivity contribution in [2.75, 3.05) is 17.8 Å². The monoisotopic (exact) mass is 501 g/mol. The molecule has 1 aliphatic rings. The molecule has 0 radical (unpaired) electrons. The van der Waals surface area contributed by atoms with Crippen LogP contribution in [0.2, 0.25) is 0 Å². The summed E-state index contributed by atoms with van der Waals surface area (Å²) in [4.78, 5) is 19.7. The van der Waals surface area contributed by atoms with E-state index in [1.54, 1.807) is 54.6 Å². The number of thiazole rings is 1. The van der Waals surface area contributed by atoms with E-state index in [0.29, 0.717) is 54.9 Å². The summed E-state index contributed by atoms with van der Waals surface area (Å²) in [5.74, 6) is -0.0709. The first-order valence-electron chi connectivity index (χ1n) is 11.5. The molecule has 182 valence electrons. The molecule has 1 aromatic heterocycles. The van der Waals surface area contributed by atoms with Crippen LogP contribution < -0.4 is 4.72 Å². The predicted molar refractivity (Wildman–Crippen MR) is 136 cm³/mol. The Morgan fingerprint density at radius 3 is 2.59 bits per heavy atom. The van der Waals surface area contributed by atoms with E-state index < -0.39 is 22.2 Å². The van der Waals surface area contributed by atoms with Gasteiger partial charge in [0.15, 0.2) is 11.0 Å². The van der Waals surface area contributed by atoms with Crippen molar-refractivity contribution in [2.45, 2.75) is 62.0 Å². The number of hydrogen-bond acceptors (Lipinski definition) is 6. The first-order valence-corrected chi connectivity index (χ1v) is 13.5. The Morgan fingerprint density at radius 1 is 1.21 bits per heavy atom. The molecular weight excluding hydrogens is 470 g/mol. The number of aromatic nitrogens is 1. The minimum Gasteiger partial charge on any atom is -0.390 e. The highest BCUT2D eigenvalue weighted by atomic mass is 32.2. The first kappa shape index (κ1) is 24.8. The van der Waals surface area contributed by atoms with Crippen LogP contribution in [-0.4, -0.2) is 54.5 Å². The van der Waals surface area contributed by atoms with Crippen molar-refractivity contribution >= 4 is 44.1 Å². The minimum atomic E-state index is -1.47. The summed E-state index contributed by atoms with van der Waals surface area (Å²) in [6, 6.07) is 12.6. The maximum Gasteiger partial charge on any atom is 0.253 e. The third-order valence-corrected chi connectivity index (χ3v) is 8.22. The average molecular weight is 502 g/mol. The molecule has 1 atom stereocenters. The van der Waals surface area contributed by atoms with Crippen molar-refractivity contribution in [2.24, 2.45) is 0 Å². The Morgan fingerprint density at radius 2 is 1.91 bits per heavy atom. The van der Waals surface area contributed by atoms with Crippen molar-refractivity contribution in [1.29, 1.82) is 0 Å². The highest BCUT2D eigenvalue weighted by Gasteiger charge is 2.34.